The number of hydrogen-bond donors (Lipinski definition) is 4. The van der Waals surface area contributed by atoms with E-state index in [0.717, 1.165) is 4.90 Å². The largest absolute Gasteiger partial charge is 0.412 e. The van der Waals surface area contributed by atoms with Gasteiger partial charge in [-0.15, -0.1) is 0 Å². The number of nitrogens with one attached hydrogen (secondary N) is 4. The molecule has 3 amide bonds. The lowest BCUT2D eigenvalue weighted by atomic mass is 10.1. The van der Waals surface area contributed by atoms with Crippen molar-refractivity contribution in [1.82, 2.24) is 30.8 Å². The van der Waals surface area contributed by atoms with E-state index >= 15 is 0 Å². The molecule has 2 aromatic carbocycles. The number of carbonyl (C=O) groups is 4. The van der Waals surface area contributed by atoms with E-state index in [9.17, 15) is 28.0 Å². The maximum atomic E-state index is 14.5. The van der Waals surface area contributed by atoms with Crippen LogP contribution in [0.25, 0.3) is 10.9 Å². The predicted octanol–water partition coefficient (Wildman–Crippen LogP) is 2.44. The van der Waals surface area contributed by atoms with E-state index in [1.165, 1.54) is 48.0 Å². The molecule has 226 valence electrons. The number of aromatic nitrogens is 1. The van der Waals surface area contributed by atoms with Crippen molar-refractivity contribution in [3.63, 3.8) is 0 Å². The SMILES string of the molecule is CC(=O)c1cn(CC(=O)N2C[C@H](F)C[C@H]2C(=O)NCc2cccc(Cl)c2F)c2cc(OC(=O)NCC3=NNCN3)ccc12. The summed E-state index contributed by atoms with van der Waals surface area (Å²) in [5.74, 6) is -1.44. The van der Waals surface area contributed by atoms with Crippen LogP contribution >= 0.6 is 11.6 Å². The van der Waals surface area contributed by atoms with Gasteiger partial charge in [-0.3, -0.25) is 19.8 Å². The highest BCUT2D eigenvalue weighted by Gasteiger charge is 2.39. The lowest BCUT2D eigenvalue weighted by molar-refractivity contribution is -0.139. The van der Waals surface area contributed by atoms with Crippen molar-refractivity contribution in [2.45, 2.75) is 38.6 Å². The van der Waals surface area contributed by atoms with Gasteiger partial charge >= 0.3 is 6.09 Å². The number of halogens is 3. The van der Waals surface area contributed by atoms with Crippen LogP contribution in [0, 0.1) is 5.82 Å². The predicted molar refractivity (Wildman–Crippen MR) is 153 cm³/mol. The average molecular weight is 616 g/mol. The van der Waals surface area contributed by atoms with Gasteiger partial charge in [-0.05, 0) is 25.1 Å². The number of Topliss-reactive ketones (excluding diaryl/α,β-unsaturated/α-hetero) is 1. The zero-order valence-electron chi connectivity index (χ0n) is 23.0. The third-order valence-corrected chi connectivity index (χ3v) is 7.38. The van der Waals surface area contributed by atoms with E-state index in [-0.39, 0.29) is 54.7 Å². The number of hydrogen-bond acceptors (Lipinski definition) is 8. The molecule has 2 aliphatic heterocycles. The van der Waals surface area contributed by atoms with Gasteiger partial charge in [-0.25, -0.2) is 13.6 Å². The van der Waals surface area contributed by atoms with E-state index < -0.39 is 35.9 Å². The van der Waals surface area contributed by atoms with Gasteiger partial charge in [0.05, 0.1) is 23.6 Å². The van der Waals surface area contributed by atoms with Crippen LogP contribution in [0.15, 0.2) is 47.7 Å². The van der Waals surface area contributed by atoms with E-state index in [0.29, 0.717) is 29.0 Å². The summed E-state index contributed by atoms with van der Waals surface area (Å²) in [6.07, 6.45) is -0.900. The monoisotopic (exact) mass is 615 g/mol. The summed E-state index contributed by atoms with van der Waals surface area (Å²) in [4.78, 5) is 52.2. The third-order valence-electron chi connectivity index (χ3n) is 7.09. The quantitative estimate of drug-likeness (QED) is 0.271. The Labute approximate surface area is 249 Å². The van der Waals surface area contributed by atoms with Crippen LogP contribution in [0.5, 0.6) is 5.75 Å². The smallest absolute Gasteiger partial charge is 0.410 e. The molecule has 2 aliphatic rings. The molecular weight excluding hydrogens is 588 g/mol. The Bertz CT molecular complexity index is 1630. The number of rotatable bonds is 9. The second-order valence-corrected chi connectivity index (χ2v) is 10.5. The molecule has 0 bridgehead atoms. The third kappa shape index (κ3) is 6.69. The zero-order chi connectivity index (χ0) is 30.7. The van der Waals surface area contributed by atoms with E-state index in [4.69, 9.17) is 16.3 Å². The molecule has 3 aromatic rings. The van der Waals surface area contributed by atoms with Gasteiger partial charge in [0.1, 0.15) is 42.8 Å². The Hall–Kier alpha value is -4.72. The number of ketones is 1. The fourth-order valence-electron chi connectivity index (χ4n) is 4.99. The number of ether oxygens (including phenoxy) is 1. The Balaban J connectivity index is 1.30. The Kier molecular flexibility index (Phi) is 8.76. The highest BCUT2D eigenvalue weighted by Crippen LogP contribution is 2.28. The molecular formula is C28H28ClF2N7O5. The minimum atomic E-state index is -1.43. The van der Waals surface area contributed by atoms with Gasteiger partial charge in [-0.2, -0.15) is 5.10 Å². The van der Waals surface area contributed by atoms with Gasteiger partial charge in [0.25, 0.3) is 0 Å². The minimum Gasteiger partial charge on any atom is -0.410 e. The van der Waals surface area contributed by atoms with Crippen LogP contribution in [0.3, 0.4) is 0 Å². The van der Waals surface area contributed by atoms with Crippen molar-refractivity contribution in [2.24, 2.45) is 5.10 Å². The number of nitrogens with zero attached hydrogens (tertiary/aromatic N) is 3. The lowest BCUT2D eigenvalue weighted by Gasteiger charge is -2.24. The standard InChI is InChI=1S/C28H28ClF2N7O5/c1-15(39)20-12-37(22-8-18(5-6-19(20)22)43-28(42)33-10-24-34-14-35-36-24)13-25(40)38-11-17(30)7-23(38)27(41)32-9-16-3-2-4-21(29)26(16)31/h2-6,8,12,17,23,35H,7,9-11,13-14H2,1H3,(H,32,41)(H,33,42)(H,34,36)/t17-,23+/m1/s1. The van der Waals surface area contributed by atoms with Crippen molar-refractivity contribution >= 4 is 52.0 Å². The second-order valence-electron chi connectivity index (χ2n) is 10.0. The average Bonchev–Trinajstić information content (AvgIpc) is 3.72. The van der Waals surface area contributed by atoms with Crippen LogP contribution in [-0.2, 0) is 22.7 Å². The Morgan fingerprint density at radius 3 is 2.72 bits per heavy atom. The van der Waals surface area contributed by atoms with Crippen molar-refractivity contribution in [1.29, 1.82) is 0 Å². The first-order valence-corrected chi connectivity index (χ1v) is 13.8. The van der Waals surface area contributed by atoms with Crippen molar-refractivity contribution in [2.75, 3.05) is 19.8 Å². The number of alkyl halides is 1. The van der Waals surface area contributed by atoms with E-state index in [1.807, 2.05) is 0 Å². The molecule has 0 spiro atoms. The summed E-state index contributed by atoms with van der Waals surface area (Å²) in [5, 5.41) is 12.4. The molecule has 5 rings (SSSR count). The first-order chi connectivity index (χ1) is 20.6. The molecule has 0 aliphatic carbocycles. The Morgan fingerprint density at radius 1 is 1.16 bits per heavy atom. The lowest BCUT2D eigenvalue weighted by Crippen LogP contribution is -2.46. The summed E-state index contributed by atoms with van der Waals surface area (Å²) in [5.41, 5.74) is 3.61. The van der Waals surface area contributed by atoms with Crippen molar-refractivity contribution in [3.8, 4) is 5.75 Å². The van der Waals surface area contributed by atoms with Crippen molar-refractivity contribution < 1.29 is 32.7 Å². The molecule has 0 radical (unpaired) electrons. The molecule has 0 unspecified atom stereocenters. The number of amidine groups is 1. The normalized spacial score (nSPS) is 17.7. The summed E-state index contributed by atoms with van der Waals surface area (Å²) in [6.45, 7) is 1.13. The minimum absolute atomic E-state index is 0.0971. The van der Waals surface area contributed by atoms with E-state index in [2.05, 4.69) is 26.5 Å². The second kappa shape index (κ2) is 12.7. The zero-order valence-corrected chi connectivity index (χ0v) is 23.7. The molecule has 3 heterocycles. The topological polar surface area (TPSA) is 146 Å². The maximum absolute atomic E-state index is 14.5. The number of benzene rings is 2. The number of carbonyl (C=O) groups excluding carboxylic acids is 4. The number of amides is 3. The molecule has 15 heteroatoms. The summed E-state index contributed by atoms with van der Waals surface area (Å²) in [6, 6.07) is 7.88. The van der Waals surface area contributed by atoms with Crippen LogP contribution in [0.2, 0.25) is 5.02 Å². The number of likely N-dealkylation sites (tertiary alicyclic amines) is 1. The van der Waals surface area contributed by atoms with Crippen molar-refractivity contribution in [3.05, 3.63) is 64.6 Å². The first kappa shape index (κ1) is 29.8. The van der Waals surface area contributed by atoms with Crippen LogP contribution in [-0.4, -0.2) is 71.0 Å². The summed E-state index contributed by atoms with van der Waals surface area (Å²) < 4.78 is 35.6. The van der Waals surface area contributed by atoms with Gasteiger partial charge < -0.3 is 30.2 Å². The molecule has 12 nitrogen and oxygen atoms in total. The highest BCUT2D eigenvalue weighted by atomic mass is 35.5. The fourth-order valence-corrected chi connectivity index (χ4v) is 5.19. The first-order valence-electron chi connectivity index (χ1n) is 13.4. The Morgan fingerprint density at radius 2 is 1.98 bits per heavy atom. The maximum Gasteiger partial charge on any atom is 0.412 e. The summed E-state index contributed by atoms with van der Waals surface area (Å²) >= 11 is 5.80. The molecule has 0 saturated carbocycles. The van der Waals surface area contributed by atoms with Gasteiger partial charge in [0, 0.05) is 41.7 Å². The molecule has 1 aromatic heterocycles. The molecule has 43 heavy (non-hydrogen) atoms. The van der Waals surface area contributed by atoms with Crippen LogP contribution in [0.1, 0.15) is 29.3 Å². The molecule has 2 atom stereocenters. The number of fused-ring (bicyclic) bond motifs is 1. The van der Waals surface area contributed by atoms with Gasteiger partial charge in [0.2, 0.25) is 11.8 Å². The molecule has 1 fully saturated rings. The highest BCUT2D eigenvalue weighted by molar-refractivity contribution is 6.30. The number of hydrazone groups is 1. The van der Waals surface area contributed by atoms with Gasteiger partial charge in [-0.1, -0.05) is 23.7 Å². The molecule has 1 saturated heterocycles. The van der Waals surface area contributed by atoms with Gasteiger partial charge in [0.15, 0.2) is 5.78 Å². The van der Waals surface area contributed by atoms with Crippen LogP contribution in [0.4, 0.5) is 13.6 Å². The fraction of sp³-hybridized carbons (Fsp3) is 0.321. The van der Waals surface area contributed by atoms with Crippen LogP contribution < -0.4 is 26.1 Å². The summed E-state index contributed by atoms with van der Waals surface area (Å²) in [7, 11) is 0. The van der Waals surface area contributed by atoms with E-state index in [1.54, 1.807) is 6.07 Å². The molecule has 4 N–H and O–H groups in total.